The van der Waals surface area contributed by atoms with Crippen LogP contribution in [0.4, 0.5) is 28.4 Å². The fourth-order valence-electron chi connectivity index (χ4n) is 7.68. The topological polar surface area (TPSA) is 6.48 Å². The molecule has 1 aliphatic carbocycles. The molecule has 0 N–H and O–H groups in total. The maximum absolute atomic E-state index is 2.48. The fraction of sp³-hybridized carbons (Fsp3) is 0.0435. The molecular weight excluding hydrogens is 645 g/mol. The minimum atomic E-state index is 0.267. The van der Waals surface area contributed by atoms with Crippen LogP contribution in [-0.4, -0.2) is 6.04 Å². The number of benzene rings is 7. The van der Waals surface area contributed by atoms with Gasteiger partial charge in [-0.15, -0.1) is 22.7 Å². The van der Waals surface area contributed by atoms with Gasteiger partial charge in [-0.05, 0) is 78.5 Å². The van der Waals surface area contributed by atoms with Crippen molar-refractivity contribution in [1.82, 2.24) is 0 Å². The second kappa shape index (κ2) is 12.0. The van der Waals surface area contributed by atoms with E-state index in [1.54, 1.807) is 0 Å². The van der Waals surface area contributed by atoms with E-state index < -0.39 is 0 Å². The Morgan fingerprint density at radius 1 is 0.440 bits per heavy atom. The number of thiophene rings is 2. The van der Waals surface area contributed by atoms with Crippen molar-refractivity contribution >= 4 is 102 Å². The summed E-state index contributed by atoms with van der Waals surface area (Å²) in [7, 11) is 0. The second-order valence-electron chi connectivity index (χ2n) is 12.9. The Balaban J connectivity index is 1.15. The van der Waals surface area contributed by atoms with E-state index in [1.165, 1.54) is 68.2 Å². The largest absolute Gasteiger partial charge is 0.334 e. The SMILES string of the molecule is C1=CCC(N(c2ccccc2)c2ccc3sc4cc(N(c5ccccc5)c5cc6sc7ccccc7c6c6ccccc56)ccc4c3c2)C=C1. The molecule has 50 heavy (non-hydrogen) atoms. The molecule has 10 rings (SSSR count). The molecule has 1 atom stereocenters. The van der Waals surface area contributed by atoms with Gasteiger partial charge in [-0.25, -0.2) is 0 Å². The third kappa shape index (κ3) is 4.83. The van der Waals surface area contributed by atoms with Gasteiger partial charge in [-0.1, -0.05) is 109 Å². The molecule has 0 bridgehead atoms. The van der Waals surface area contributed by atoms with Crippen LogP contribution in [-0.2, 0) is 0 Å². The molecule has 2 aromatic heterocycles. The summed E-state index contributed by atoms with van der Waals surface area (Å²) < 4.78 is 5.22. The summed E-state index contributed by atoms with van der Waals surface area (Å²) in [6.07, 6.45) is 9.88. The number of rotatable bonds is 6. The molecule has 1 unspecified atom stereocenters. The monoisotopic (exact) mass is 676 g/mol. The van der Waals surface area contributed by atoms with Crippen LogP contribution in [0.25, 0.3) is 51.1 Å². The van der Waals surface area contributed by atoms with Crippen LogP contribution in [0.5, 0.6) is 0 Å². The van der Waals surface area contributed by atoms with Crippen LogP contribution in [0.3, 0.4) is 0 Å². The average Bonchev–Trinajstić information content (AvgIpc) is 3.74. The van der Waals surface area contributed by atoms with E-state index >= 15 is 0 Å². The van der Waals surface area contributed by atoms with Gasteiger partial charge in [0, 0.05) is 68.5 Å². The van der Waals surface area contributed by atoms with E-state index in [0.29, 0.717) is 0 Å². The Hall–Kier alpha value is -5.68. The van der Waals surface area contributed by atoms with Crippen molar-refractivity contribution in [3.05, 3.63) is 176 Å². The molecule has 0 amide bonds. The van der Waals surface area contributed by atoms with Crippen molar-refractivity contribution in [3.8, 4) is 0 Å². The van der Waals surface area contributed by atoms with Crippen LogP contribution in [0.15, 0.2) is 176 Å². The lowest BCUT2D eigenvalue weighted by atomic mass is 10.0. The molecule has 2 heterocycles. The molecule has 2 nitrogen and oxygen atoms in total. The van der Waals surface area contributed by atoms with Gasteiger partial charge >= 0.3 is 0 Å². The quantitative estimate of drug-likeness (QED) is 0.173. The molecule has 0 radical (unpaired) electrons. The Morgan fingerprint density at radius 2 is 1.12 bits per heavy atom. The molecule has 0 aliphatic heterocycles. The fourth-order valence-corrected chi connectivity index (χ4v) is 9.96. The minimum Gasteiger partial charge on any atom is -0.334 e. The number of para-hydroxylation sites is 2. The van der Waals surface area contributed by atoms with Crippen LogP contribution in [0, 0.1) is 0 Å². The number of anilines is 5. The third-order valence-electron chi connectivity index (χ3n) is 9.92. The zero-order valence-corrected chi connectivity index (χ0v) is 28.9. The van der Waals surface area contributed by atoms with Gasteiger partial charge in [-0.3, -0.25) is 0 Å². The van der Waals surface area contributed by atoms with Crippen LogP contribution < -0.4 is 9.80 Å². The van der Waals surface area contributed by atoms with Crippen molar-refractivity contribution < 1.29 is 0 Å². The summed E-state index contributed by atoms with van der Waals surface area (Å²) in [6, 6.07) is 56.0. The van der Waals surface area contributed by atoms with Crippen molar-refractivity contribution in [2.75, 3.05) is 9.80 Å². The van der Waals surface area contributed by atoms with Crippen molar-refractivity contribution in [2.45, 2.75) is 12.5 Å². The number of allylic oxidation sites excluding steroid dienone is 2. The highest BCUT2D eigenvalue weighted by atomic mass is 32.1. The Morgan fingerprint density at radius 3 is 1.92 bits per heavy atom. The lowest BCUT2D eigenvalue weighted by Crippen LogP contribution is -2.29. The molecule has 7 aromatic carbocycles. The van der Waals surface area contributed by atoms with Crippen molar-refractivity contribution in [1.29, 1.82) is 0 Å². The molecule has 1 aliphatic rings. The van der Waals surface area contributed by atoms with E-state index in [4.69, 9.17) is 0 Å². The Kier molecular flexibility index (Phi) is 7.04. The van der Waals surface area contributed by atoms with Crippen LogP contribution in [0.2, 0.25) is 0 Å². The standard InChI is InChI=1S/C46H32N2S2/c1-4-14-31(15-5-1)47(32-16-6-2-7-17-32)34-25-27-43-40(28-34)37-26-24-35(29-44(37)49-43)48(33-18-8-3-9-19-33)41-30-45-46(38-21-11-10-20-36(38)41)39-22-12-13-23-42(39)50-45/h1-16,18-30,32H,17H2. The van der Waals surface area contributed by atoms with Gasteiger partial charge in [0.15, 0.2) is 0 Å². The highest BCUT2D eigenvalue weighted by Gasteiger charge is 2.22. The lowest BCUT2D eigenvalue weighted by molar-refractivity contribution is 0.785. The third-order valence-corrected chi connectivity index (χ3v) is 12.2. The van der Waals surface area contributed by atoms with E-state index in [-0.39, 0.29) is 6.04 Å². The summed E-state index contributed by atoms with van der Waals surface area (Å²) >= 11 is 3.76. The predicted molar refractivity (Wildman–Crippen MR) is 220 cm³/mol. The van der Waals surface area contributed by atoms with Gasteiger partial charge in [0.05, 0.1) is 11.7 Å². The molecule has 0 fully saturated rings. The average molecular weight is 677 g/mol. The van der Waals surface area contributed by atoms with Gasteiger partial charge < -0.3 is 9.80 Å². The first-order chi connectivity index (χ1) is 24.8. The number of hydrogen-bond acceptors (Lipinski definition) is 4. The van der Waals surface area contributed by atoms with Gasteiger partial charge in [0.1, 0.15) is 0 Å². The van der Waals surface area contributed by atoms with E-state index in [1.807, 2.05) is 22.7 Å². The van der Waals surface area contributed by atoms with E-state index in [9.17, 15) is 0 Å². The van der Waals surface area contributed by atoms with Crippen molar-refractivity contribution in [3.63, 3.8) is 0 Å². The van der Waals surface area contributed by atoms with Crippen LogP contribution in [0.1, 0.15) is 6.42 Å². The van der Waals surface area contributed by atoms with Crippen LogP contribution >= 0.6 is 22.7 Å². The minimum absolute atomic E-state index is 0.267. The molecule has 0 saturated heterocycles. The second-order valence-corrected chi connectivity index (χ2v) is 15.0. The number of hydrogen-bond donors (Lipinski definition) is 0. The maximum Gasteiger partial charge on any atom is 0.0559 e. The van der Waals surface area contributed by atoms with E-state index in [0.717, 1.165) is 17.8 Å². The molecule has 9 aromatic rings. The number of nitrogens with zero attached hydrogens (tertiary/aromatic N) is 2. The van der Waals surface area contributed by atoms with Gasteiger partial charge in [0.25, 0.3) is 0 Å². The van der Waals surface area contributed by atoms with E-state index in [2.05, 4.69) is 186 Å². The maximum atomic E-state index is 2.48. The molecular formula is C46H32N2S2. The summed E-state index contributed by atoms with van der Waals surface area (Å²) in [5.74, 6) is 0. The first kappa shape index (κ1) is 29.3. The summed E-state index contributed by atoms with van der Waals surface area (Å²) in [5, 5.41) is 7.81. The summed E-state index contributed by atoms with van der Waals surface area (Å²) in [6.45, 7) is 0. The first-order valence-corrected chi connectivity index (χ1v) is 18.8. The lowest BCUT2D eigenvalue weighted by Gasteiger charge is -2.32. The summed E-state index contributed by atoms with van der Waals surface area (Å²) in [5.41, 5.74) is 5.92. The normalized spacial score (nSPS) is 14.4. The predicted octanol–water partition coefficient (Wildman–Crippen LogP) is 14.1. The van der Waals surface area contributed by atoms with Gasteiger partial charge in [0.2, 0.25) is 0 Å². The summed E-state index contributed by atoms with van der Waals surface area (Å²) in [4.78, 5) is 4.92. The van der Waals surface area contributed by atoms with Gasteiger partial charge in [-0.2, -0.15) is 0 Å². The molecule has 4 heteroatoms. The zero-order valence-electron chi connectivity index (χ0n) is 27.2. The first-order valence-electron chi connectivity index (χ1n) is 17.1. The highest BCUT2D eigenvalue weighted by molar-refractivity contribution is 7.26. The van der Waals surface area contributed by atoms with Crippen molar-refractivity contribution in [2.24, 2.45) is 0 Å². The highest BCUT2D eigenvalue weighted by Crippen LogP contribution is 2.47. The molecule has 0 spiro atoms. The Bertz CT molecular complexity index is 2760. The Labute approximate surface area is 299 Å². The molecule has 238 valence electrons. The zero-order chi connectivity index (χ0) is 33.0. The number of fused-ring (bicyclic) bond motifs is 8. The molecule has 0 saturated carbocycles. The smallest absolute Gasteiger partial charge is 0.0559 e.